The van der Waals surface area contributed by atoms with Crippen LogP contribution in [0.3, 0.4) is 0 Å². The minimum Gasteiger partial charge on any atom is -0.504 e. The number of fused-ring (bicyclic) bond motifs is 1. The molecule has 2 heterocycles. The molecule has 1 atom stereocenters. The molecule has 6 nitrogen and oxygen atoms in total. The van der Waals surface area contributed by atoms with Gasteiger partial charge in [-0.1, -0.05) is 24.3 Å². The van der Waals surface area contributed by atoms with Crippen molar-refractivity contribution in [3.8, 4) is 11.5 Å². The van der Waals surface area contributed by atoms with Crippen molar-refractivity contribution in [2.75, 3.05) is 27.2 Å². The first-order valence-electron chi connectivity index (χ1n) is 9.30. The predicted molar refractivity (Wildman–Crippen MR) is 104 cm³/mol. The topological polar surface area (TPSA) is 70.6 Å². The molecule has 0 aliphatic carbocycles. The fourth-order valence-corrected chi connectivity index (χ4v) is 3.61. The zero-order valence-corrected chi connectivity index (χ0v) is 15.7. The van der Waals surface area contributed by atoms with E-state index in [1.54, 1.807) is 13.2 Å². The lowest BCUT2D eigenvalue weighted by Crippen LogP contribution is -2.35. The van der Waals surface area contributed by atoms with Gasteiger partial charge in [-0.25, -0.2) is 4.98 Å². The van der Waals surface area contributed by atoms with E-state index in [-0.39, 0.29) is 11.9 Å². The van der Waals surface area contributed by atoms with Crippen LogP contribution in [0.4, 0.5) is 0 Å². The maximum absolute atomic E-state index is 10.7. The van der Waals surface area contributed by atoms with Crippen LogP contribution in [-0.4, -0.2) is 53.3 Å². The number of aromatic hydroxyl groups is 1. The number of aromatic nitrogens is 2. The summed E-state index contributed by atoms with van der Waals surface area (Å²) in [6, 6.07) is 13.4. The average Bonchev–Trinajstić information content (AvgIpc) is 3.12. The molecule has 1 unspecified atom stereocenters. The molecule has 0 amide bonds. The first-order chi connectivity index (χ1) is 13.2. The lowest BCUT2D eigenvalue weighted by Gasteiger charge is -2.31. The highest BCUT2D eigenvalue weighted by Gasteiger charge is 2.28. The Morgan fingerprint density at radius 1 is 1.15 bits per heavy atom. The van der Waals surface area contributed by atoms with Crippen LogP contribution in [0.1, 0.15) is 30.3 Å². The highest BCUT2D eigenvalue weighted by Crippen LogP contribution is 2.39. The van der Waals surface area contributed by atoms with Gasteiger partial charge in [-0.15, -0.1) is 0 Å². The second kappa shape index (κ2) is 7.58. The van der Waals surface area contributed by atoms with E-state index in [2.05, 4.69) is 16.9 Å². The van der Waals surface area contributed by atoms with E-state index in [1.807, 2.05) is 36.4 Å². The summed E-state index contributed by atoms with van der Waals surface area (Å²) in [5, 5.41) is 10.7. The molecule has 0 saturated carbocycles. The maximum Gasteiger partial charge on any atom is 0.164 e. The Morgan fingerprint density at radius 2 is 1.93 bits per heavy atom. The molecule has 1 aromatic heterocycles. The number of hydrogen-bond donors (Lipinski definition) is 2. The predicted octanol–water partition coefficient (Wildman–Crippen LogP) is 3.48. The number of likely N-dealkylation sites (tertiary alicyclic amines) is 1. The Bertz CT molecular complexity index is 883. The van der Waals surface area contributed by atoms with Gasteiger partial charge in [0.1, 0.15) is 11.9 Å². The number of nitrogens with zero attached hydrogens (tertiary/aromatic N) is 2. The molecule has 2 aromatic carbocycles. The van der Waals surface area contributed by atoms with Gasteiger partial charge in [0.05, 0.1) is 24.2 Å². The van der Waals surface area contributed by atoms with E-state index in [0.29, 0.717) is 17.1 Å². The average molecular weight is 367 g/mol. The number of imidazole rings is 1. The molecule has 0 radical (unpaired) electrons. The first kappa shape index (κ1) is 17.8. The van der Waals surface area contributed by atoms with Gasteiger partial charge in [0.25, 0.3) is 0 Å². The van der Waals surface area contributed by atoms with E-state index in [9.17, 15) is 5.11 Å². The number of hydrogen-bond acceptors (Lipinski definition) is 5. The second-order valence-corrected chi connectivity index (χ2v) is 7.06. The van der Waals surface area contributed by atoms with Crippen LogP contribution >= 0.6 is 0 Å². The summed E-state index contributed by atoms with van der Waals surface area (Å²) in [6.07, 6.45) is 1.54. The third-order valence-electron chi connectivity index (χ3n) is 5.18. The Balaban J connectivity index is 1.73. The van der Waals surface area contributed by atoms with Gasteiger partial charge in [-0.3, -0.25) is 0 Å². The van der Waals surface area contributed by atoms with Gasteiger partial charge in [0.15, 0.2) is 11.5 Å². The van der Waals surface area contributed by atoms with Gasteiger partial charge in [0.2, 0.25) is 0 Å². The largest absolute Gasteiger partial charge is 0.504 e. The number of rotatable bonds is 5. The van der Waals surface area contributed by atoms with Crippen molar-refractivity contribution >= 4 is 11.0 Å². The van der Waals surface area contributed by atoms with Crippen molar-refractivity contribution in [1.29, 1.82) is 0 Å². The van der Waals surface area contributed by atoms with Crippen molar-refractivity contribution in [3.05, 3.63) is 53.9 Å². The smallest absolute Gasteiger partial charge is 0.164 e. The lowest BCUT2D eigenvalue weighted by molar-refractivity contribution is -0.0272. The molecule has 1 aliphatic heterocycles. The summed E-state index contributed by atoms with van der Waals surface area (Å²) >= 11 is 0. The van der Waals surface area contributed by atoms with Gasteiger partial charge in [-0.05, 0) is 38.1 Å². The molecule has 3 aromatic rings. The van der Waals surface area contributed by atoms with Crippen molar-refractivity contribution in [2.24, 2.45) is 0 Å². The second-order valence-electron chi connectivity index (χ2n) is 7.06. The van der Waals surface area contributed by atoms with E-state index in [1.165, 1.54) is 0 Å². The molecule has 1 aliphatic rings. The zero-order valence-electron chi connectivity index (χ0n) is 15.7. The Kier molecular flexibility index (Phi) is 5.01. The molecule has 27 heavy (non-hydrogen) atoms. The highest BCUT2D eigenvalue weighted by atomic mass is 16.5. The van der Waals surface area contributed by atoms with E-state index < -0.39 is 6.10 Å². The number of benzene rings is 2. The van der Waals surface area contributed by atoms with Crippen LogP contribution < -0.4 is 4.74 Å². The molecule has 0 spiro atoms. The number of piperidine rings is 1. The number of para-hydroxylation sites is 3. The molecule has 0 bridgehead atoms. The van der Waals surface area contributed by atoms with Crippen molar-refractivity contribution in [1.82, 2.24) is 14.9 Å². The van der Waals surface area contributed by atoms with Crippen molar-refractivity contribution < 1.29 is 14.6 Å². The number of H-pyrrole nitrogens is 1. The normalized spacial score (nSPS) is 17.3. The fourth-order valence-electron chi connectivity index (χ4n) is 3.61. The van der Waals surface area contributed by atoms with Gasteiger partial charge < -0.3 is 24.5 Å². The zero-order chi connectivity index (χ0) is 18.8. The molecule has 4 rings (SSSR count). The number of phenols is 1. The standard InChI is InChI=1S/C21H25N3O3/c1-24-12-10-14(11-13-24)27-20(15-6-5-9-18(26-2)19(15)25)21-22-16-7-3-4-8-17(16)23-21/h3-9,14,20,25H,10-13H2,1-2H3,(H,22,23). The van der Waals surface area contributed by atoms with Gasteiger partial charge >= 0.3 is 0 Å². The summed E-state index contributed by atoms with van der Waals surface area (Å²) < 4.78 is 11.8. The van der Waals surface area contributed by atoms with Crippen LogP contribution in [0.25, 0.3) is 11.0 Å². The van der Waals surface area contributed by atoms with Gasteiger partial charge in [-0.2, -0.15) is 0 Å². The number of ether oxygens (including phenoxy) is 2. The molecule has 142 valence electrons. The van der Waals surface area contributed by atoms with E-state index in [4.69, 9.17) is 14.5 Å². The SMILES string of the molecule is COc1cccc(C(OC2CCN(C)CC2)c2nc3ccccc3[nH]2)c1O. The monoisotopic (exact) mass is 367 g/mol. The summed E-state index contributed by atoms with van der Waals surface area (Å²) in [7, 11) is 3.67. The Labute approximate surface area is 158 Å². The number of nitrogens with one attached hydrogen (secondary N) is 1. The summed E-state index contributed by atoms with van der Waals surface area (Å²) in [4.78, 5) is 10.4. The number of phenolic OH excluding ortho intramolecular Hbond substituents is 1. The number of methoxy groups -OCH3 is 1. The lowest BCUT2D eigenvalue weighted by atomic mass is 10.0. The van der Waals surface area contributed by atoms with Crippen LogP contribution in [0, 0.1) is 0 Å². The number of aromatic amines is 1. The molecular weight excluding hydrogens is 342 g/mol. The molecule has 6 heteroatoms. The van der Waals surface area contributed by atoms with Crippen LogP contribution in [0.15, 0.2) is 42.5 Å². The summed E-state index contributed by atoms with van der Waals surface area (Å²) in [5.74, 6) is 1.22. The molecular formula is C21H25N3O3. The van der Waals surface area contributed by atoms with E-state index >= 15 is 0 Å². The fraction of sp³-hybridized carbons (Fsp3) is 0.381. The van der Waals surface area contributed by atoms with Gasteiger partial charge in [0, 0.05) is 18.7 Å². The van der Waals surface area contributed by atoms with Crippen LogP contribution in [0.2, 0.25) is 0 Å². The molecule has 1 saturated heterocycles. The Morgan fingerprint density at radius 3 is 2.67 bits per heavy atom. The van der Waals surface area contributed by atoms with E-state index in [0.717, 1.165) is 37.0 Å². The van der Waals surface area contributed by atoms with Crippen molar-refractivity contribution in [2.45, 2.75) is 25.0 Å². The summed E-state index contributed by atoms with van der Waals surface area (Å²) in [6.45, 7) is 2.00. The third-order valence-corrected chi connectivity index (χ3v) is 5.18. The Hall–Kier alpha value is -2.57. The molecule has 1 fully saturated rings. The first-order valence-corrected chi connectivity index (χ1v) is 9.30. The van der Waals surface area contributed by atoms with Crippen LogP contribution in [0.5, 0.6) is 11.5 Å². The minimum absolute atomic E-state index is 0.0957. The minimum atomic E-state index is -0.485. The molecule has 2 N–H and O–H groups in total. The highest BCUT2D eigenvalue weighted by molar-refractivity contribution is 5.75. The third kappa shape index (κ3) is 3.63. The van der Waals surface area contributed by atoms with Crippen molar-refractivity contribution in [3.63, 3.8) is 0 Å². The summed E-state index contributed by atoms with van der Waals surface area (Å²) in [5.41, 5.74) is 2.49. The maximum atomic E-state index is 10.7. The quantitative estimate of drug-likeness (QED) is 0.722. The van der Waals surface area contributed by atoms with Crippen LogP contribution in [-0.2, 0) is 4.74 Å².